The maximum Gasteiger partial charge on any atom is 0.253 e. The molecule has 2 aromatic carbocycles. The first-order chi connectivity index (χ1) is 12.5. The summed E-state index contributed by atoms with van der Waals surface area (Å²) in [4.78, 5) is 25.7. The number of anilines is 1. The van der Waals surface area contributed by atoms with Gasteiger partial charge in [0.1, 0.15) is 0 Å². The van der Waals surface area contributed by atoms with Crippen LogP contribution in [-0.2, 0) is 4.79 Å². The quantitative estimate of drug-likeness (QED) is 0.561. The number of nitrogens with one attached hydrogen (secondary N) is 2. The summed E-state index contributed by atoms with van der Waals surface area (Å²) in [5.74, 6) is -0.101. The van der Waals surface area contributed by atoms with Gasteiger partial charge in [0.2, 0.25) is 5.91 Å². The van der Waals surface area contributed by atoms with Crippen molar-refractivity contribution in [2.75, 3.05) is 18.1 Å². The van der Waals surface area contributed by atoms with E-state index in [1.54, 1.807) is 42.1 Å². The number of benzene rings is 2. The fourth-order valence-electron chi connectivity index (χ4n) is 2.24. The molecule has 0 bridgehead atoms. The normalized spacial score (nSPS) is 10.9. The molecule has 2 amide bonds. The molecule has 2 N–H and O–H groups in total. The number of amides is 2. The molecule has 0 saturated carbocycles. The fraction of sp³-hybridized carbons (Fsp3) is 0.238. The Morgan fingerprint density at radius 1 is 1.08 bits per heavy atom. The molecular weight excluding hydrogens is 344 g/mol. The molecular formula is C21H24N2O2S. The summed E-state index contributed by atoms with van der Waals surface area (Å²) in [5.41, 5.74) is 1.90. The number of hydrogen-bond donors (Lipinski definition) is 2. The maximum absolute atomic E-state index is 12.3. The Hall–Kier alpha value is -2.53. The summed E-state index contributed by atoms with van der Waals surface area (Å²) in [5, 5.41) is 5.65. The SMILES string of the molecule is CSc1ccc(/C=C/C(=O)Nc2ccccc2C(=O)NCC(C)C)cc1. The van der Waals surface area contributed by atoms with Gasteiger partial charge >= 0.3 is 0 Å². The number of thioether (sulfide) groups is 1. The molecule has 0 aliphatic rings. The van der Waals surface area contributed by atoms with E-state index in [0.29, 0.717) is 23.7 Å². The number of carbonyl (C=O) groups is 2. The van der Waals surface area contributed by atoms with E-state index in [1.807, 2.05) is 44.4 Å². The molecule has 4 nitrogen and oxygen atoms in total. The standard InChI is InChI=1S/C21H24N2O2S/c1-15(2)14-22-21(25)18-6-4-5-7-19(18)23-20(24)13-10-16-8-11-17(26-3)12-9-16/h4-13,15H,14H2,1-3H3,(H,22,25)(H,23,24)/b13-10+. The van der Waals surface area contributed by atoms with Gasteiger partial charge in [0.15, 0.2) is 0 Å². The molecule has 0 spiro atoms. The highest BCUT2D eigenvalue weighted by Crippen LogP contribution is 2.17. The van der Waals surface area contributed by atoms with Crippen LogP contribution in [0.25, 0.3) is 6.08 Å². The molecule has 0 saturated heterocycles. The fourth-order valence-corrected chi connectivity index (χ4v) is 2.65. The molecule has 0 unspecified atom stereocenters. The van der Waals surface area contributed by atoms with Crippen LogP contribution in [0.4, 0.5) is 5.69 Å². The molecule has 0 heterocycles. The molecule has 136 valence electrons. The third-order valence-electron chi connectivity index (χ3n) is 3.64. The predicted octanol–water partition coefficient (Wildman–Crippen LogP) is 4.45. The van der Waals surface area contributed by atoms with E-state index < -0.39 is 0 Å². The van der Waals surface area contributed by atoms with Crippen LogP contribution in [0.5, 0.6) is 0 Å². The van der Waals surface area contributed by atoms with Crippen molar-refractivity contribution < 1.29 is 9.59 Å². The summed E-state index contributed by atoms with van der Waals surface area (Å²) < 4.78 is 0. The van der Waals surface area contributed by atoms with E-state index in [1.165, 1.54) is 11.0 Å². The lowest BCUT2D eigenvalue weighted by Gasteiger charge is -2.11. The van der Waals surface area contributed by atoms with E-state index in [0.717, 1.165) is 5.56 Å². The van der Waals surface area contributed by atoms with Crippen molar-refractivity contribution in [1.82, 2.24) is 5.32 Å². The van der Waals surface area contributed by atoms with Crippen molar-refractivity contribution in [3.63, 3.8) is 0 Å². The van der Waals surface area contributed by atoms with Crippen molar-refractivity contribution in [3.05, 3.63) is 65.7 Å². The average Bonchev–Trinajstić information content (AvgIpc) is 2.65. The zero-order chi connectivity index (χ0) is 18.9. The first-order valence-corrected chi connectivity index (χ1v) is 9.72. The molecule has 2 rings (SSSR count). The van der Waals surface area contributed by atoms with E-state index >= 15 is 0 Å². The number of rotatable bonds is 7. The molecule has 0 aliphatic heterocycles. The molecule has 0 atom stereocenters. The van der Waals surface area contributed by atoms with Crippen molar-refractivity contribution >= 4 is 35.3 Å². The van der Waals surface area contributed by atoms with Crippen LogP contribution in [0.15, 0.2) is 59.5 Å². The Morgan fingerprint density at radius 2 is 1.77 bits per heavy atom. The summed E-state index contributed by atoms with van der Waals surface area (Å²) >= 11 is 1.67. The highest BCUT2D eigenvalue weighted by molar-refractivity contribution is 7.98. The van der Waals surface area contributed by atoms with Crippen LogP contribution in [0.2, 0.25) is 0 Å². The Labute approximate surface area is 159 Å². The van der Waals surface area contributed by atoms with Crippen LogP contribution in [0.3, 0.4) is 0 Å². The summed E-state index contributed by atoms with van der Waals surface area (Å²) in [7, 11) is 0. The van der Waals surface area contributed by atoms with E-state index in [-0.39, 0.29) is 11.8 Å². The minimum absolute atomic E-state index is 0.189. The van der Waals surface area contributed by atoms with Gasteiger partial charge < -0.3 is 10.6 Å². The monoisotopic (exact) mass is 368 g/mol. The Morgan fingerprint density at radius 3 is 2.42 bits per heavy atom. The second-order valence-corrected chi connectivity index (χ2v) is 7.12. The first kappa shape index (κ1) is 19.8. The van der Waals surface area contributed by atoms with Gasteiger partial charge in [-0.1, -0.05) is 38.1 Å². The van der Waals surface area contributed by atoms with Gasteiger partial charge in [-0.25, -0.2) is 0 Å². The van der Waals surface area contributed by atoms with Crippen LogP contribution in [0.1, 0.15) is 29.8 Å². The Kier molecular flexibility index (Phi) is 7.48. The zero-order valence-electron chi connectivity index (χ0n) is 15.3. The number of para-hydroxylation sites is 1. The van der Waals surface area contributed by atoms with Crippen LogP contribution in [-0.4, -0.2) is 24.6 Å². The topological polar surface area (TPSA) is 58.2 Å². The maximum atomic E-state index is 12.3. The van der Waals surface area contributed by atoms with Crippen molar-refractivity contribution in [2.45, 2.75) is 18.7 Å². The van der Waals surface area contributed by atoms with Gasteiger partial charge in [0.05, 0.1) is 11.3 Å². The van der Waals surface area contributed by atoms with Gasteiger partial charge in [-0.2, -0.15) is 0 Å². The summed E-state index contributed by atoms with van der Waals surface area (Å²) in [6, 6.07) is 14.9. The van der Waals surface area contributed by atoms with E-state index in [4.69, 9.17) is 0 Å². The highest BCUT2D eigenvalue weighted by Gasteiger charge is 2.12. The first-order valence-electron chi connectivity index (χ1n) is 8.50. The molecule has 5 heteroatoms. The van der Waals surface area contributed by atoms with Gasteiger partial charge in [-0.3, -0.25) is 9.59 Å². The largest absolute Gasteiger partial charge is 0.352 e. The molecule has 0 radical (unpaired) electrons. The predicted molar refractivity (Wildman–Crippen MR) is 109 cm³/mol. The third kappa shape index (κ3) is 6.08. The smallest absolute Gasteiger partial charge is 0.253 e. The minimum atomic E-state index is -0.275. The molecule has 2 aromatic rings. The minimum Gasteiger partial charge on any atom is -0.352 e. The number of carbonyl (C=O) groups excluding carboxylic acids is 2. The van der Waals surface area contributed by atoms with E-state index in [2.05, 4.69) is 10.6 Å². The van der Waals surface area contributed by atoms with Gasteiger partial charge in [-0.05, 0) is 48.1 Å². The lowest BCUT2D eigenvalue weighted by molar-refractivity contribution is -0.111. The van der Waals surface area contributed by atoms with Gasteiger partial charge in [0, 0.05) is 17.5 Å². The lowest BCUT2D eigenvalue weighted by atomic mass is 10.1. The highest BCUT2D eigenvalue weighted by atomic mass is 32.2. The van der Waals surface area contributed by atoms with Gasteiger partial charge in [-0.15, -0.1) is 11.8 Å². The van der Waals surface area contributed by atoms with Gasteiger partial charge in [0.25, 0.3) is 5.91 Å². The summed E-state index contributed by atoms with van der Waals surface area (Å²) in [6.45, 7) is 4.65. The van der Waals surface area contributed by atoms with Crippen LogP contribution < -0.4 is 10.6 Å². The van der Waals surface area contributed by atoms with Crippen molar-refractivity contribution in [2.24, 2.45) is 5.92 Å². The molecule has 0 fully saturated rings. The molecule has 0 aromatic heterocycles. The van der Waals surface area contributed by atoms with Crippen molar-refractivity contribution in [1.29, 1.82) is 0 Å². The average molecular weight is 369 g/mol. The molecule has 0 aliphatic carbocycles. The Balaban J connectivity index is 2.04. The van der Waals surface area contributed by atoms with Crippen LogP contribution in [0, 0.1) is 5.92 Å². The third-order valence-corrected chi connectivity index (χ3v) is 4.39. The van der Waals surface area contributed by atoms with Crippen molar-refractivity contribution in [3.8, 4) is 0 Å². The zero-order valence-corrected chi connectivity index (χ0v) is 16.1. The summed E-state index contributed by atoms with van der Waals surface area (Å²) in [6.07, 6.45) is 5.24. The molecule has 26 heavy (non-hydrogen) atoms. The lowest BCUT2D eigenvalue weighted by Crippen LogP contribution is -2.28. The second-order valence-electron chi connectivity index (χ2n) is 6.25. The number of hydrogen-bond acceptors (Lipinski definition) is 3. The Bertz CT molecular complexity index is 783. The second kappa shape index (κ2) is 9.82. The van der Waals surface area contributed by atoms with E-state index in [9.17, 15) is 9.59 Å². The van der Waals surface area contributed by atoms with Crippen LogP contribution >= 0.6 is 11.8 Å².